The normalized spacial score (nSPS) is 12.4. The van der Waals surface area contributed by atoms with Crippen molar-refractivity contribution >= 4 is 15.9 Å². The van der Waals surface area contributed by atoms with Crippen molar-refractivity contribution in [2.75, 3.05) is 6.54 Å². The van der Waals surface area contributed by atoms with Crippen LogP contribution in [0.15, 0.2) is 40.9 Å². The summed E-state index contributed by atoms with van der Waals surface area (Å²) in [5, 5.41) is 3.69. The first-order valence-corrected chi connectivity index (χ1v) is 8.38. The monoisotopic (exact) mass is 345 g/mol. The van der Waals surface area contributed by atoms with E-state index in [4.69, 9.17) is 0 Å². The third kappa shape index (κ3) is 3.96. The Morgan fingerprint density at radius 1 is 1.00 bits per heavy atom. The maximum absolute atomic E-state index is 3.69. The van der Waals surface area contributed by atoms with Crippen molar-refractivity contribution in [2.45, 2.75) is 40.2 Å². The quantitative estimate of drug-likeness (QED) is 0.758. The Bertz CT molecular complexity index is 619. The third-order valence-corrected chi connectivity index (χ3v) is 4.72. The minimum atomic E-state index is 0.252. The predicted octanol–water partition coefficient (Wildman–Crippen LogP) is 5.46. The van der Waals surface area contributed by atoms with Crippen LogP contribution in [0.1, 0.15) is 47.2 Å². The van der Waals surface area contributed by atoms with Gasteiger partial charge in [-0.05, 0) is 62.1 Å². The second kappa shape index (κ2) is 7.24. The van der Waals surface area contributed by atoms with Crippen LogP contribution >= 0.6 is 15.9 Å². The molecule has 112 valence electrons. The van der Waals surface area contributed by atoms with E-state index in [0.29, 0.717) is 0 Å². The lowest BCUT2D eigenvalue weighted by Gasteiger charge is -2.22. The Kier molecular flexibility index (Phi) is 5.60. The highest BCUT2D eigenvalue weighted by atomic mass is 79.9. The van der Waals surface area contributed by atoms with Crippen molar-refractivity contribution in [1.82, 2.24) is 5.32 Å². The van der Waals surface area contributed by atoms with E-state index in [9.17, 15) is 0 Å². The molecule has 2 aromatic rings. The van der Waals surface area contributed by atoms with Gasteiger partial charge in [0.2, 0.25) is 0 Å². The van der Waals surface area contributed by atoms with E-state index >= 15 is 0 Å². The summed E-state index contributed by atoms with van der Waals surface area (Å²) in [6, 6.07) is 13.6. The van der Waals surface area contributed by atoms with E-state index in [1.807, 2.05) is 0 Å². The van der Waals surface area contributed by atoms with Crippen LogP contribution in [0.5, 0.6) is 0 Å². The van der Waals surface area contributed by atoms with Crippen molar-refractivity contribution in [3.8, 4) is 0 Å². The molecule has 0 saturated heterocycles. The van der Waals surface area contributed by atoms with Gasteiger partial charge in [-0.1, -0.05) is 58.7 Å². The zero-order chi connectivity index (χ0) is 15.4. The number of halogens is 1. The third-order valence-electron chi connectivity index (χ3n) is 3.86. The summed E-state index contributed by atoms with van der Waals surface area (Å²) < 4.78 is 1.17. The van der Waals surface area contributed by atoms with Crippen LogP contribution in [0.4, 0.5) is 0 Å². The van der Waals surface area contributed by atoms with Crippen LogP contribution in [-0.4, -0.2) is 6.54 Å². The Morgan fingerprint density at radius 3 is 2.38 bits per heavy atom. The molecule has 0 saturated carbocycles. The van der Waals surface area contributed by atoms with Crippen molar-refractivity contribution in [1.29, 1.82) is 0 Å². The van der Waals surface area contributed by atoms with E-state index in [2.05, 4.69) is 85.3 Å². The Morgan fingerprint density at radius 2 is 1.76 bits per heavy atom. The highest BCUT2D eigenvalue weighted by molar-refractivity contribution is 9.10. The number of benzene rings is 2. The van der Waals surface area contributed by atoms with Gasteiger partial charge >= 0.3 is 0 Å². The maximum atomic E-state index is 3.69. The average molecular weight is 346 g/mol. The fourth-order valence-corrected chi connectivity index (χ4v) is 3.03. The van der Waals surface area contributed by atoms with Crippen molar-refractivity contribution in [3.05, 3.63) is 68.7 Å². The fourth-order valence-electron chi connectivity index (χ4n) is 2.63. The van der Waals surface area contributed by atoms with E-state index in [1.54, 1.807) is 0 Å². The van der Waals surface area contributed by atoms with Crippen molar-refractivity contribution < 1.29 is 0 Å². The van der Waals surface area contributed by atoms with Gasteiger partial charge in [-0.3, -0.25) is 0 Å². The SMILES string of the molecule is CCCNC(c1ccc(C)c(Br)c1)c1ccc(C)cc1C. The van der Waals surface area contributed by atoms with Crippen LogP contribution < -0.4 is 5.32 Å². The molecule has 2 heteroatoms. The van der Waals surface area contributed by atoms with Gasteiger partial charge in [0.15, 0.2) is 0 Å². The van der Waals surface area contributed by atoms with Gasteiger partial charge in [0.05, 0.1) is 6.04 Å². The van der Waals surface area contributed by atoms with Gasteiger partial charge < -0.3 is 5.32 Å². The molecule has 0 fully saturated rings. The smallest absolute Gasteiger partial charge is 0.0579 e. The van der Waals surface area contributed by atoms with Crippen LogP contribution in [0.3, 0.4) is 0 Å². The number of nitrogens with one attached hydrogen (secondary N) is 1. The Balaban J connectivity index is 2.44. The van der Waals surface area contributed by atoms with Gasteiger partial charge in [0.1, 0.15) is 0 Å². The van der Waals surface area contributed by atoms with Gasteiger partial charge in [-0.25, -0.2) is 0 Å². The van der Waals surface area contributed by atoms with E-state index in [1.165, 1.54) is 32.3 Å². The molecule has 0 radical (unpaired) electrons. The van der Waals surface area contributed by atoms with E-state index < -0.39 is 0 Å². The molecule has 0 amide bonds. The number of aryl methyl sites for hydroxylation is 3. The summed E-state index contributed by atoms with van der Waals surface area (Å²) in [4.78, 5) is 0. The van der Waals surface area contributed by atoms with Crippen LogP contribution in [-0.2, 0) is 0 Å². The lowest BCUT2D eigenvalue weighted by atomic mass is 9.93. The molecule has 2 aromatic carbocycles. The van der Waals surface area contributed by atoms with E-state index in [-0.39, 0.29) is 6.04 Å². The predicted molar refractivity (Wildman–Crippen MR) is 94.9 cm³/mol. The minimum absolute atomic E-state index is 0.252. The summed E-state index contributed by atoms with van der Waals surface area (Å²) in [7, 11) is 0. The zero-order valence-corrected chi connectivity index (χ0v) is 14.9. The summed E-state index contributed by atoms with van der Waals surface area (Å²) >= 11 is 3.66. The largest absolute Gasteiger partial charge is 0.306 e. The molecule has 0 aliphatic rings. The standard InChI is InChI=1S/C19H24BrN/c1-5-10-21-19(16-8-7-14(3)18(20)12-16)17-9-6-13(2)11-15(17)4/h6-9,11-12,19,21H,5,10H2,1-4H3. The highest BCUT2D eigenvalue weighted by Crippen LogP contribution is 2.28. The lowest BCUT2D eigenvalue weighted by Crippen LogP contribution is -2.24. The molecular weight excluding hydrogens is 322 g/mol. The average Bonchev–Trinajstić information content (AvgIpc) is 2.44. The number of hydrogen-bond acceptors (Lipinski definition) is 1. The van der Waals surface area contributed by atoms with Gasteiger partial charge in [0, 0.05) is 4.47 Å². The Hall–Kier alpha value is -1.12. The lowest BCUT2D eigenvalue weighted by molar-refractivity contribution is 0.596. The second-order valence-electron chi connectivity index (χ2n) is 5.76. The molecule has 21 heavy (non-hydrogen) atoms. The summed E-state index contributed by atoms with van der Waals surface area (Å²) in [6.45, 7) is 9.69. The summed E-state index contributed by atoms with van der Waals surface area (Å²) in [5.41, 5.74) is 6.61. The van der Waals surface area contributed by atoms with Gasteiger partial charge in [-0.15, -0.1) is 0 Å². The van der Waals surface area contributed by atoms with Gasteiger partial charge in [0.25, 0.3) is 0 Å². The molecule has 1 unspecified atom stereocenters. The first-order valence-electron chi connectivity index (χ1n) is 7.59. The molecule has 1 atom stereocenters. The second-order valence-corrected chi connectivity index (χ2v) is 6.61. The molecule has 1 N–H and O–H groups in total. The Labute approximate surface area is 136 Å². The summed E-state index contributed by atoms with van der Waals surface area (Å²) in [5.74, 6) is 0. The molecule has 0 aliphatic heterocycles. The maximum Gasteiger partial charge on any atom is 0.0579 e. The number of rotatable bonds is 5. The van der Waals surface area contributed by atoms with Crippen LogP contribution in [0.25, 0.3) is 0 Å². The first-order chi connectivity index (χ1) is 10.0. The van der Waals surface area contributed by atoms with Crippen molar-refractivity contribution in [2.24, 2.45) is 0 Å². The molecule has 0 heterocycles. The number of hydrogen-bond donors (Lipinski definition) is 1. The molecule has 1 nitrogen and oxygen atoms in total. The summed E-state index contributed by atoms with van der Waals surface area (Å²) in [6.07, 6.45) is 1.13. The van der Waals surface area contributed by atoms with Crippen LogP contribution in [0, 0.1) is 20.8 Å². The van der Waals surface area contributed by atoms with Gasteiger partial charge in [-0.2, -0.15) is 0 Å². The minimum Gasteiger partial charge on any atom is -0.306 e. The molecule has 2 rings (SSSR count). The fraction of sp³-hybridized carbons (Fsp3) is 0.368. The highest BCUT2D eigenvalue weighted by Gasteiger charge is 2.16. The molecule has 0 spiro atoms. The zero-order valence-electron chi connectivity index (χ0n) is 13.3. The van der Waals surface area contributed by atoms with Crippen molar-refractivity contribution in [3.63, 3.8) is 0 Å². The molecule has 0 bridgehead atoms. The first kappa shape index (κ1) is 16.3. The molecule has 0 aromatic heterocycles. The molecular formula is C19H24BrN. The topological polar surface area (TPSA) is 12.0 Å². The molecule has 0 aliphatic carbocycles. The van der Waals surface area contributed by atoms with Crippen LogP contribution in [0.2, 0.25) is 0 Å². The van der Waals surface area contributed by atoms with E-state index in [0.717, 1.165) is 13.0 Å².